The fourth-order valence-corrected chi connectivity index (χ4v) is 4.32. The first kappa shape index (κ1) is 20.4. The number of aryl methyl sites for hydroxylation is 1. The monoisotopic (exact) mass is 403 g/mol. The molecule has 28 heavy (non-hydrogen) atoms. The van der Waals surface area contributed by atoms with Gasteiger partial charge in [0.1, 0.15) is 6.54 Å². The van der Waals surface area contributed by atoms with Crippen molar-refractivity contribution in [2.24, 2.45) is 0 Å². The van der Waals surface area contributed by atoms with E-state index in [2.05, 4.69) is 9.71 Å². The summed E-state index contributed by atoms with van der Waals surface area (Å²) in [6.45, 7) is 6.13. The second-order valence-electron chi connectivity index (χ2n) is 7.12. The van der Waals surface area contributed by atoms with Crippen molar-refractivity contribution in [2.75, 3.05) is 32.7 Å². The minimum Gasteiger partial charge on any atom is -0.331 e. The van der Waals surface area contributed by atoms with Crippen molar-refractivity contribution in [3.8, 4) is 0 Å². The van der Waals surface area contributed by atoms with Crippen molar-refractivity contribution in [1.29, 1.82) is 0 Å². The number of nitrogens with zero attached hydrogens (tertiary/aromatic N) is 2. The molecule has 3 rings (SSSR count). The highest BCUT2D eigenvalue weighted by molar-refractivity contribution is 7.89. The number of hydrogen-bond acceptors (Lipinski definition) is 4. The van der Waals surface area contributed by atoms with E-state index in [9.17, 15) is 13.2 Å². The molecular formula is C20H27N4O3S+. The SMILES string of the molecule is Cc1ccc(S(=O)(=O)NCCC(=O)N2CC[NH+](Cc3ccncc3)CC2)cc1. The van der Waals surface area contributed by atoms with Crippen LogP contribution >= 0.6 is 0 Å². The third kappa shape index (κ3) is 5.60. The summed E-state index contributed by atoms with van der Waals surface area (Å²) in [7, 11) is -3.58. The van der Waals surface area contributed by atoms with E-state index in [0.29, 0.717) is 13.1 Å². The van der Waals surface area contributed by atoms with Gasteiger partial charge in [0, 0.05) is 30.9 Å². The number of piperazine rings is 1. The summed E-state index contributed by atoms with van der Waals surface area (Å²) in [4.78, 5) is 19.9. The number of rotatable bonds is 7. The molecule has 1 saturated heterocycles. The van der Waals surface area contributed by atoms with Crippen LogP contribution in [0.2, 0.25) is 0 Å². The zero-order valence-electron chi connectivity index (χ0n) is 16.1. The molecule has 1 aliphatic heterocycles. The molecular weight excluding hydrogens is 376 g/mol. The summed E-state index contributed by atoms with van der Waals surface area (Å²) in [6.07, 6.45) is 3.77. The van der Waals surface area contributed by atoms with E-state index in [1.165, 1.54) is 10.5 Å². The summed E-state index contributed by atoms with van der Waals surface area (Å²) in [6, 6.07) is 10.7. The quantitative estimate of drug-likeness (QED) is 0.681. The predicted octanol–water partition coefficient (Wildman–Crippen LogP) is -0.0143. The van der Waals surface area contributed by atoms with Crippen LogP contribution in [0.5, 0.6) is 0 Å². The van der Waals surface area contributed by atoms with E-state index >= 15 is 0 Å². The van der Waals surface area contributed by atoms with Gasteiger partial charge in [-0.25, -0.2) is 13.1 Å². The second-order valence-corrected chi connectivity index (χ2v) is 8.89. The molecule has 1 aliphatic rings. The molecule has 2 N–H and O–H groups in total. The van der Waals surface area contributed by atoms with E-state index in [0.717, 1.165) is 25.2 Å². The van der Waals surface area contributed by atoms with Crippen molar-refractivity contribution in [3.63, 3.8) is 0 Å². The number of sulfonamides is 1. The topological polar surface area (TPSA) is 83.8 Å². The Labute approximate surface area is 166 Å². The maximum Gasteiger partial charge on any atom is 0.240 e. The van der Waals surface area contributed by atoms with E-state index in [-0.39, 0.29) is 23.8 Å². The molecule has 2 heterocycles. The normalized spacial score (nSPS) is 15.5. The lowest BCUT2D eigenvalue weighted by Gasteiger charge is -2.32. The lowest BCUT2D eigenvalue weighted by Crippen LogP contribution is -3.13. The number of pyridine rings is 1. The highest BCUT2D eigenvalue weighted by Crippen LogP contribution is 2.09. The molecule has 0 radical (unpaired) electrons. The standard InChI is InChI=1S/C20H26N4O3S/c1-17-2-4-19(5-3-17)28(26,27)22-11-8-20(25)24-14-12-23(13-15-24)16-18-6-9-21-10-7-18/h2-7,9-10,22H,8,11-16H2,1H3/p+1. The van der Waals surface area contributed by atoms with Crippen molar-refractivity contribution in [3.05, 3.63) is 59.9 Å². The third-order valence-corrected chi connectivity index (χ3v) is 6.47. The number of quaternary nitrogens is 1. The molecule has 1 aromatic carbocycles. The fraction of sp³-hybridized carbons (Fsp3) is 0.400. The average molecular weight is 404 g/mol. The number of aromatic nitrogens is 1. The number of hydrogen-bond donors (Lipinski definition) is 2. The minimum atomic E-state index is -3.58. The maximum atomic E-state index is 12.4. The van der Waals surface area contributed by atoms with E-state index < -0.39 is 10.0 Å². The van der Waals surface area contributed by atoms with Gasteiger partial charge in [-0.1, -0.05) is 17.7 Å². The van der Waals surface area contributed by atoms with Gasteiger partial charge in [0.25, 0.3) is 0 Å². The first-order valence-corrected chi connectivity index (χ1v) is 11.0. The maximum absolute atomic E-state index is 12.4. The number of nitrogens with one attached hydrogen (secondary N) is 2. The number of amides is 1. The van der Waals surface area contributed by atoms with Gasteiger partial charge in [0.15, 0.2) is 0 Å². The summed E-state index contributed by atoms with van der Waals surface area (Å²) in [5, 5.41) is 0. The Kier molecular flexibility index (Phi) is 6.77. The molecule has 1 aromatic heterocycles. The molecule has 0 bridgehead atoms. The van der Waals surface area contributed by atoms with Gasteiger partial charge in [0.05, 0.1) is 31.1 Å². The van der Waals surface area contributed by atoms with Crippen LogP contribution in [-0.4, -0.2) is 56.9 Å². The molecule has 0 atom stereocenters. The van der Waals surface area contributed by atoms with Crippen LogP contribution in [0.4, 0.5) is 0 Å². The second kappa shape index (κ2) is 9.27. The summed E-state index contributed by atoms with van der Waals surface area (Å²) in [5.74, 6) is -0.00503. The van der Waals surface area contributed by atoms with Gasteiger partial charge < -0.3 is 9.80 Å². The van der Waals surface area contributed by atoms with E-state index in [4.69, 9.17) is 0 Å². The molecule has 1 amide bonds. The van der Waals surface area contributed by atoms with Crippen LogP contribution in [0.1, 0.15) is 17.5 Å². The van der Waals surface area contributed by atoms with Crippen molar-refractivity contribution in [2.45, 2.75) is 24.8 Å². The largest absolute Gasteiger partial charge is 0.331 e. The molecule has 2 aromatic rings. The third-order valence-electron chi connectivity index (χ3n) is 4.99. The van der Waals surface area contributed by atoms with Gasteiger partial charge in [-0.05, 0) is 31.2 Å². The Morgan fingerprint density at radius 2 is 1.75 bits per heavy atom. The van der Waals surface area contributed by atoms with Gasteiger partial charge in [0.2, 0.25) is 15.9 Å². The van der Waals surface area contributed by atoms with E-state index in [1.54, 1.807) is 36.7 Å². The molecule has 150 valence electrons. The van der Waals surface area contributed by atoms with Crippen LogP contribution < -0.4 is 9.62 Å². The lowest BCUT2D eigenvalue weighted by atomic mass is 10.2. The first-order valence-electron chi connectivity index (χ1n) is 9.50. The molecule has 0 spiro atoms. The molecule has 7 nitrogen and oxygen atoms in total. The summed E-state index contributed by atoms with van der Waals surface area (Å²) in [5.41, 5.74) is 2.25. The van der Waals surface area contributed by atoms with E-state index in [1.807, 2.05) is 24.0 Å². The molecule has 1 fully saturated rings. The zero-order valence-corrected chi connectivity index (χ0v) is 16.9. The van der Waals surface area contributed by atoms with Crippen LogP contribution in [0.15, 0.2) is 53.7 Å². The van der Waals surface area contributed by atoms with Crippen molar-refractivity contribution in [1.82, 2.24) is 14.6 Å². The van der Waals surface area contributed by atoms with Crippen molar-refractivity contribution < 1.29 is 18.1 Å². The molecule has 8 heteroatoms. The Morgan fingerprint density at radius 3 is 2.39 bits per heavy atom. The Morgan fingerprint density at radius 1 is 1.11 bits per heavy atom. The van der Waals surface area contributed by atoms with Gasteiger partial charge in [-0.2, -0.15) is 0 Å². The lowest BCUT2D eigenvalue weighted by molar-refractivity contribution is -0.917. The highest BCUT2D eigenvalue weighted by Gasteiger charge is 2.24. The Hall–Kier alpha value is -2.29. The van der Waals surface area contributed by atoms with Crippen LogP contribution in [0, 0.1) is 6.92 Å². The first-order chi connectivity index (χ1) is 13.4. The summed E-state index contributed by atoms with van der Waals surface area (Å²) >= 11 is 0. The smallest absolute Gasteiger partial charge is 0.240 e. The van der Waals surface area contributed by atoms with Crippen molar-refractivity contribution >= 4 is 15.9 Å². The summed E-state index contributed by atoms with van der Waals surface area (Å²) < 4.78 is 27.1. The van der Waals surface area contributed by atoms with Gasteiger partial charge >= 0.3 is 0 Å². The Bertz CT molecular complexity index is 877. The number of benzene rings is 1. The zero-order chi connectivity index (χ0) is 20.0. The van der Waals surface area contributed by atoms with Gasteiger partial charge in [-0.3, -0.25) is 9.78 Å². The predicted molar refractivity (Wildman–Crippen MR) is 106 cm³/mol. The molecule has 0 unspecified atom stereocenters. The van der Waals surface area contributed by atoms with Gasteiger partial charge in [-0.15, -0.1) is 0 Å². The van der Waals surface area contributed by atoms with Crippen LogP contribution in [0.3, 0.4) is 0 Å². The average Bonchev–Trinajstić information content (AvgIpc) is 2.69. The molecule has 0 saturated carbocycles. The highest BCUT2D eigenvalue weighted by atomic mass is 32.2. The number of carbonyl (C=O) groups is 1. The minimum absolute atomic E-state index is 0.00503. The fourth-order valence-electron chi connectivity index (χ4n) is 3.29. The molecule has 0 aliphatic carbocycles. The van der Waals surface area contributed by atoms with Crippen LogP contribution in [-0.2, 0) is 21.4 Å². The number of carbonyl (C=O) groups excluding carboxylic acids is 1. The van der Waals surface area contributed by atoms with Crippen LogP contribution in [0.25, 0.3) is 0 Å². The Balaban J connectivity index is 1.41.